The summed E-state index contributed by atoms with van der Waals surface area (Å²) in [6, 6.07) is 0. The van der Waals surface area contributed by atoms with E-state index in [1.807, 2.05) is 0 Å². The van der Waals surface area contributed by atoms with Crippen LogP contribution in [0.3, 0.4) is 0 Å². The minimum absolute atomic E-state index is 0.0893. The summed E-state index contributed by atoms with van der Waals surface area (Å²) in [5, 5.41) is 11.4. The number of hydrogen-bond acceptors (Lipinski definition) is 7. The van der Waals surface area contributed by atoms with Crippen molar-refractivity contribution in [3.8, 4) is 0 Å². The molecule has 180 valence electrons. The summed E-state index contributed by atoms with van der Waals surface area (Å²) < 4.78 is 34.4. The molecule has 0 spiro atoms. The van der Waals surface area contributed by atoms with Crippen LogP contribution in [-0.4, -0.2) is 59.0 Å². The second-order valence-electron chi connectivity index (χ2n) is 11.2. The lowest BCUT2D eigenvalue weighted by molar-refractivity contribution is -0.245. The fraction of sp³-hybridized carbons (Fsp3) is 0.720. The van der Waals surface area contributed by atoms with Gasteiger partial charge in [0.15, 0.2) is 22.8 Å². The van der Waals surface area contributed by atoms with Gasteiger partial charge in [0.25, 0.3) is 5.78 Å². The molecule has 0 aromatic rings. The van der Waals surface area contributed by atoms with Crippen LogP contribution < -0.4 is 0 Å². The maximum atomic E-state index is 17.2. The molecule has 0 amide bonds. The van der Waals surface area contributed by atoms with Crippen LogP contribution in [-0.2, 0) is 28.6 Å². The van der Waals surface area contributed by atoms with Gasteiger partial charge in [0, 0.05) is 16.7 Å². The SMILES string of the molecule is COC(=O)C(=O)[C@@]12OC(C)(C)O[C@@H]1C[C@H]1[C@@H]3CCC4=CC(=O)C=C[C@]4(C)[C@@]3(F)[C@@H](O)C[C@@]12C. The number of carbonyl (C=O) groups excluding carboxylic acids is 3. The molecule has 1 heterocycles. The van der Waals surface area contributed by atoms with E-state index in [2.05, 4.69) is 0 Å². The van der Waals surface area contributed by atoms with Crippen molar-refractivity contribution in [1.29, 1.82) is 0 Å². The van der Waals surface area contributed by atoms with Crippen LogP contribution in [0.25, 0.3) is 0 Å². The van der Waals surface area contributed by atoms with Crippen LogP contribution in [0.1, 0.15) is 53.4 Å². The van der Waals surface area contributed by atoms with Gasteiger partial charge in [-0.2, -0.15) is 0 Å². The van der Waals surface area contributed by atoms with Crippen LogP contribution in [0.15, 0.2) is 23.8 Å². The predicted octanol–water partition coefficient (Wildman–Crippen LogP) is 2.60. The molecule has 8 atom stereocenters. The molecular formula is C25H31FO7. The molecule has 5 aliphatic rings. The van der Waals surface area contributed by atoms with Crippen LogP contribution >= 0.6 is 0 Å². The number of ether oxygens (including phenoxy) is 3. The van der Waals surface area contributed by atoms with Crippen molar-refractivity contribution in [3.63, 3.8) is 0 Å². The second kappa shape index (κ2) is 6.61. The van der Waals surface area contributed by atoms with Crippen LogP contribution in [0.2, 0.25) is 0 Å². The van der Waals surface area contributed by atoms with Crippen molar-refractivity contribution < 1.29 is 38.1 Å². The fourth-order valence-electron chi connectivity index (χ4n) is 7.95. The number of fused-ring (bicyclic) bond motifs is 7. The largest absolute Gasteiger partial charge is 0.463 e. The number of esters is 1. The van der Waals surface area contributed by atoms with Gasteiger partial charge in [-0.15, -0.1) is 0 Å². The molecule has 0 radical (unpaired) electrons. The highest BCUT2D eigenvalue weighted by atomic mass is 19.1. The molecule has 0 unspecified atom stereocenters. The third-order valence-electron chi connectivity index (χ3n) is 9.34. The lowest BCUT2D eigenvalue weighted by Gasteiger charge is -2.62. The van der Waals surface area contributed by atoms with Crippen molar-refractivity contribution in [2.24, 2.45) is 22.7 Å². The minimum Gasteiger partial charge on any atom is -0.463 e. The lowest BCUT2D eigenvalue weighted by atomic mass is 9.44. The monoisotopic (exact) mass is 462 g/mol. The third-order valence-corrected chi connectivity index (χ3v) is 9.34. The molecule has 7 nitrogen and oxygen atoms in total. The number of alkyl halides is 1. The van der Waals surface area contributed by atoms with Gasteiger partial charge < -0.3 is 19.3 Å². The molecule has 0 aromatic carbocycles. The van der Waals surface area contributed by atoms with Crippen LogP contribution in [0.5, 0.6) is 0 Å². The topological polar surface area (TPSA) is 99.1 Å². The molecular weight excluding hydrogens is 431 g/mol. The number of aliphatic hydroxyl groups excluding tert-OH is 1. The van der Waals surface area contributed by atoms with E-state index in [1.165, 1.54) is 12.2 Å². The minimum atomic E-state index is -2.04. The van der Waals surface area contributed by atoms with Crippen LogP contribution in [0.4, 0.5) is 4.39 Å². The number of halogens is 1. The van der Waals surface area contributed by atoms with E-state index in [-0.39, 0.29) is 18.1 Å². The predicted molar refractivity (Wildman–Crippen MR) is 114 cm³/mol. The number of methoxy groups -OCH3 is 1. The van der Waals surface area contributed by atoms with Gasteiger partial charge in [0.2, 0.25) is 0 Å². The first-order valence-electron chi connectivity index (χ1n) is 11.6. The maximum Gasteiger partial charge on any atom is 0.377 e. The number of ketones is 2. The highest BCUT2D eigenvalue weighted by Crippen LogP contribution is 2.72. The fourth-order valence-corrected chi connectivity index (χ4v) is 7.95. The Morgan fingerprint density at radius 3 is 2.58 bits per heavy atom. The first-order chi connectivity index (χ1) is 15.3. The number of hydrogen-bond donors (Lipinski definition) is 1. The number of carbonyl (C=O) groups is 3. The molecule has 33 heavy (non-hydrogen) atoms. The average Bonchev–Trinajstić information content (AvgIpc) is 3.14. The first kappa shape index (κ1) is 22.9. The van der Waals surface area contributed by atoms with Gasteiger partial charge >= 0.3 is 5.97 Å². The van der Waals surface area contributed by atoms with E-state index < -0.39 is 57.8 Å². The standard InChI is InChI=1S/C25H31FO7/c1-21(2)32-18-11-16-15-7-6-13-10-14(27)8-9-22(13,3)24(15,26)17(28)12-23(16,4)25(18,33-21)19(29)20(30)31-5/h8-10,15-18,28H,6-7,11-12H2,1-5H3/t15-,16-,17-,18+,22-,23-,24-,25-/m0/s1. The molecule has 0 aromatic heterocycles. The second-order valence-corrected chi connectivity index (χ2v) is 11.2. The highest BCUT2D eigenvalue weighted by Gasteiger charge is 2.80. The Balaban J connectivity index is 1.64. The molecule has 5 rings (SSSR count). The Kier molecular flexibility index (Phi) is 4.58. The Bertz CT molecular complexity index is 1020. The van der Waals surface area contributed by atoms with Gasteiger partial charge in [0.1, 0.15) is 0 Å². The Morgan fingerprint density at radius 2 is 1.91 bits per heavy atom. The van der Waals surface area contributed by atoms with Crippen LogP contribution in [0, 0.1) is 22.7 Å². The number of aliphatic hydroxyl groups is 1. The van der Waals surface area contributed by atoms with E-state index in [4.69, 9.17) is 14.2 Å². The average molecular weight is 463 g/mol. The van der Waals surface area contributed by atoms with Gasteiger partial charge in [-0.1, -0.05) is 18.6 Å². The Hall–Kier alpha value is -1.90. The summed E-state index contributed by atoms with van der Waals surface area (Å²) in [5.41, 5.74) is -5.22. The van der Waals surface area contributed by atoms with E-state index >= 15 is 4.39 Å². The van der Waals surface area contributed by atoms with Crippen molar-refractivity contribution in [3.05, 3.63) is 23.8 Å². The molecule has 4 aliphatic carbocycles. The van der Waals surface area contributed by atoms with Gasteiger partial charge in [-0.3, -0.25) is 9.59 Å². The quantitative estimate of drug-likeness (QED) is 0.497. The Labute approximate surface area is 192 Å². The molecule has 1 N–H and O–H groups in total. The highest BCUT2D eigenvalue weighted by molar-refractivity contribution is 6.37. The van der Waals surface area contributed by atoms with Crippen molar-refractivity contribution >= 4 is 17.5 Å². The number of allylic oxidation sites excluding steroid dienone is 4. The molecule has 3 saturated carbocycles. The molecule has 1 aliphatic heterocycles. The molecule has 1 saturated heterocycles. The van der Waals surface area contributed by atoms with Crippen molar-refractivity contribution in [1.82, 2.24) is 0 Å². The zero-order chi connectivity index (χ0) is 24.2. The summed E-state index contributed by atoms with van der Waals surface area (Å²) in [6.07, 6.45) is 3.39. The Morgan fingerprint density at radius 1 is 1.21 bits per heavy atom. The number of rotatable bonds is 2. The van der Waals surface area contributed by atoms with E-state index in [9.17, 15) is 19.5 Å². The molecule has 8 heteroatoms. The molecule has 0 bridgehead atoms. The molecule has 4 fully saturated rings. The first-order valence-corrected chi connectivity index (χ1v) is 11.6. The number of Topliss-reactive ketones (excluding diaryl/α,β-unsaturated/α-hetero) is 1. The summed E-state index contributed by atoms with van der Waals surface area (Å²) in [7, 11) is 1.14. The van der Waals surface area contributed by atoms with Gasteiger partial charge in [0.05, 0.1) is 19.3 Å². The summed E-state index contributed by atoms with van der Waals surface area (Å²) in [5.74, 6) is -4.20. The van der Waals surface area contributed by atoms with Gasteiger partial charge in [-0.25, -0.2) is 9.18 Å². The van der Waals surface area contributed by atoms with Crippen molar-refractivity contribution in [2.45, 2.75) is 82.6 Å². The maximum absolute atomic E-state index is 17.2. The third kappa shape index (κ3) is 2.52. The summed E-state index contributed by atoms with van der Waals surface area (Å²) >= 11 is 0. The summed E-state index contributed by atoms with van der Waals surface area (Å²) in [4.78, 5) is 37.9. The van der Waals surface area contributed by atoms with Crippen molar-refractivity contribution in [2.75, 3.05) is 7.11 Å². The zero-order valence-corrected chi connectivity index (χ0v) is 19.6. The van der Waals surface area contributed by atoms with E-state index in [0.717, 1.165) is 7.11 Å². The van der Waals surface area contributed by atoms with E-state index in [0.29, 0.717) is 24.8 Å². The summed E-state index contributed by atoms with van der Waals surface area (Å²) in [6.45, 7) is 6.90. The zero-order valence-electron chi connectivity index (χ0n) is 19.6. The lowest BCUT2D eigenvalue weighted by Crippen LogP contribution is -2.70. The van der Waals surface area contributed by atoms with E-state index in [1.54, 1.807) is 33.8 Å². The smallest absolute Gasteiger partial charge is 0.377 e. The normalized spacial score (nSPS) is 49.4. The van der Waals surface area contributed by atoms with Gasteiger partial charge in [-0.05, 0) is 64.5 Å².